The minimum absolute atomic E-state index is 0.0257. The number of nitrogens with one attached hydrogen (secondary N) is 1. The van der Waals surface area contributed by atoms with Gasteiger partial charge in [0, 0.05) is 13.0 Å². The van der Waals surface area contributed by atoms with Crippen LogP contribution in [0.15, 0.2) is 29.2 Å². The molecule has 0 radical (unpaired) electrons. The second-order valence-corrected chi connectivity index (χ2v) is 7.74. The van der Waals surface area contributed by atoms with Gasteiger partial charge in [0.05, 0.1) is 23.7 Å². The van der Waals surface area contributed by atoms with Gasteiger partial charge in [-0.15, -0.1) is 0 Å². The number of carboxylic acid groups (broad SMARTS) is 1. The molecule has 1 amide bonds. The Morgan fingerprint density at radius 1 is 1.39 bits per heavy atom. The summed E-state index contributed by atoms with van der Waals surface area (Å²) in [5.74, 6) is -1.64. The predicted octanol–water partition coefficient (Wildman–Crippen LogP) is 0.383. The van der Waals surface area contributed by atoms with E-state index in [-0.39, 0.29) is 36.7 Å². The van der Waals surface area contributed by atoms with Crippen molar-refractivity contribution >= 4 is 21.7 Å². The Labute approximate surface area is 134 Å². The van der Waals surface area contributed by atoms with Crippen LogP contribution in [0.5, 0.6) is 0 Å². The number of hydrogen-bond donors (Lipinski definition) is 2. The molecule has 0 spiro atoms. The summed E-state index contributed by atoms with van der Waals surface area (Å²) < 4.78 is 28.8. The molecule has 1 aliphatic heterocycles. The number of carbonyl (C=O) groups is 2. The van der Waals surface area contributed by atoms with Crippen LogP contribution in [0.1, 0.15) is 18.9 Å². The molecule has 126 valence electrons. The average Bonchev–Trinajstić information content (AvgIpc) is 2.97. The fourth-order valence-corrected chi connectivity index (χ4v) is 3.35. The van der Waals surface area contributed by atoms with Gasteiger partial charge in [-0.1, -0.05) is 19.1 Å². The Morgan fingerprint density at radius 2 is 2.13 bits per heavy atom. The van der Waals surface area contributed by atoms with Gasteiger partial charge >= 0.3 is 5.97 Å². The number of carbonyl (C=O) groups excluding carboxylic acids is 1. The van der Waals surface area contributed by atoms with Gasteiger partial charge in [0.15, 0.2) is 15.4 Å². The standard InChI is InChI=1S/C15H19NO6S/c1-2-23(20,21)12-5-3-4-11(8-12)9-13(17)16-15(14(18)19)6-7-22-10-15/h3-5,8H,2,6-7,9-10H2,1H3,(H,16,17)(H,18,19). The third-order valence-corrected chi connectivity index (χ3v) is 5.54. The van der Waals surface area contributed by atoms with Gasteiger partial charge in [0.1, 0.15) is 0 Å². The van der Waals surface area contributed by atoms with Crippen LogP contribution in [0.3, 0.4) is 0 Å². The molecule has 1 fully saturated rings. The van der Waals surface area contributed by atoms with E-state index in [1.54, 1.807) is 19.1 Å². The van der Waals surface area contributed by atoms with Crippen LogP contribution in [0.2, 0.25) is 0 Å². The number of hydrogen-bond acceptors (Lipinski definition) is 5. The normalized spacial score (nSPS) is 21.1. The van der Waals surface area contributed by atoms with Crippen molar-refractivity contribution < 1.29 is 27.9 Å². The molecule has 0 bridgehead atoms. The van der Waals surface area contributed by atoms with Crippen molar-refractivity contribution in [3.05, 3.63) is 29.8 Å². The van der Waals surface area contributed by atoms with Crippen LogP contribution in [-0.2, 0) is 30.6 Å². The van der Waals surface area contributed by atoms with Crippen molar-refractivity contribution in [2.24, 2.45) is 0 Å². The van der Waals surface area contributed by atoms with Crippen molar-refractivity contribution in [2.75, 3.05) is 19.0 Å². The van der Waals surface area contributed by atoms with Crippen molar-refractivity contribution in [3.8, 4) is 0 Å². The zero-order chi connectivity index (χ0) is 17.1. The zero-order valence-corrected chi connectivity index (χ0v) is 13.6. The molecular weight excluding hydrogens is 322 g/mol. The third-order valence-electron chi connectivity index (χ3n) is 3.81. The number of carboxylic acids is 1. The van der Waals surface area contributed by atoms with E-state index in [0.29, 0.717) is 5.56 Å². The molecule has 2 rings (SSSR count). The molecule has 1 heterocycles. The van der Waals surface area contributed by atoms with Crippen LogP contribution in [-0.4, -0.2) is 49.9 Å². The fraction of sp³-hybridized carbons (Fsp3) is 0.467. The molecule has 8 heteroatoms. The molecule has 1 aromatic rings. The summed E-state index contributed by atoms with van der Waals surface area (Å²) in [6.07, 6.45) is 0.112. The third kappa shape index (κ3) is 3.89. The number of sulfone groups is 1. The molecule has 1 unspecified atom stereocenters. The highest BCUT2D eigenvalue weighted by molar-refractivity contribution is 7.91. The lowest BCUT2D eigenvalue weighted by Gasteiger charge is -2.23. The van der Waals surface area contributed by atoms with Crippen molar-refractivity contribution in [2.45, 2.75) is 30.2 Å². The van der Waals surface area contributed by atoms with E-state index in [1.807, 2.05) is 0 Å². The number of rotatable bonds is 6. The minimum atomic E-state index is -3.35. The quantitative estimate of drug-likeness (QED) is 0.774. The maximum absolute atomic E-state index is 12.1. The molecule has 7 nitrogen and oxygen atoms in total. The molecule has 23 heavy (non-hydrogen) atoms. The second kappa shape index (κ2) is 6.67. The Kier molecular flexibility index (Phi) is 5.06. The van der Waals surface area contributed by atoms with Gasteiger partial charge in [-0.3, -0.25) is 4.79 Å². The Bertz CT molecular complexity index is 706. The second-order valence-electron chi connectivity index (χ2n) is 5.47. The summed E-state index contributed by atoms with van der Waals surface area (Å²) in [5.41, 5.74) is -0.888. The lowest BCUT2D eigenvalue weighted by molar-refractivity contribution is -0.147. The number of amides is 1. The van der Waals surface area contributed by atoms with Crippen molar-refractivity contribution in [1.82, 2.24) is 5.32 Å². The van der Waals surface area contributed by atoms with Crippen LogP contribution < -0.4 is 5.32 Å². The summed E-state index contributed by atoms with van der Waals surface area (Å²) >= 11 is 0. The summed E-state index contributed by atoms with van der Waals surface area (Å²) in [7, 11) is -3.35. The van der Waals surface area contributed by atoms with Gasteiger partial charge in [0.25, 0.3) is 0 Å². The smallest absolute Gasteiger partial charge is 0.331 e. The van der Waals surface area contributed by atoms with E-state index in [4.69, 9.17) is 4.74 Å². The Morgan fingerprint density at radius 3 is 2.70 bits per heavy atom. The van der Waals surface area contributed by atoms with Crippen LogP contribution in [0.4, 0.5) is 0 Å². The molecule has 1 saturated heterocycles. The van der Waals surface area contributed by atoms with Gasteiger partial charge in [-0.05, 0) is 17.7 Å². The summed E-state index contributed by atoms with van der Waals surface area (Å²) in [5, 5.41) is 11.8. The average molecular weight is 341 g/mol. The van der Waals surface area contributed by atoms with Gasteiger partial charge in [-0.25, -0.2) is 13.2 Å². The Balaban J connectivity index is 2.12. The molecule has 0 aromatic heterocycles. The van der Waals surface area contributed by atoms with Crippen molar-refractivity contribution in [1.29, 1.82) is 0 Å². The maximum Gasteiger partial charge on any atom is 0.331 e. The van der Waals surface area contributed by atoms with E-state index in [9.17, 15) is 23.1 Å². The fourth-order valence-electron chi connectivity index (χ4n) is 2.40. The van der Waals surface area contributed by atoms with E-state index >= 15 is 0 Å². The summed E-state index contributed by atoms with van der Waals surface area (Å²) in [4.78, 5) is 23.6. The van der Waals surface area contributed by atoms with Crippen LogP contribution in [0.25, 0.3) is 0 Å². The molecule has 2 N–H and O–H groups in total. The number of aliphatic carboxylic acids is 1. The first-order chi connectivity index (χ1) is 10.8. The zero-order valence-electron chi connectivity index (χ0n) is 12.7. The summed E-state index contributed by atoms with van der Waals surface area (Å²) in [6, 6.07) is 6.12. The molecule has 1 atom stereocenters. The van der Waals surface area contributed by atoms with E-state index in [2.05, 4.69) is 5.32 Å². The van der Waals surface area contributed by atoms with E-state index < -0.39 is 27.3 Å². The molecule has 1 aliphatic rings. The van der Waals surface area contributed by atoms with Gasteiger partial charge < -0.3 is 15.2 Å². The Hall–Kier alpha value is -1.93. The largest absolute Gasteiger partial charge is 0.479 e. The van der Waals surface area contributed by atoms with E-state index in [0.717, 1.165) is 0 Å². The first-order valence-electron chi connectivity index (χ1n) is 7.23. The molecule has 1 aromatic carbocycles. The lowest BCUT2D eigenvalue weighted by atomic mass is 9.98. The summed E-state index contributed by atoms with van der Waals surface area (Å²) in [6.45, 7) is 1.75. The minimum Gasteiger partial charge on any atom is -0.479 e. The molecular formula is C15H19NO6S. The monoisotopic (exact) mass is 341 g/mol. The lowest BCUT2D eigenvalue weighted by Crippen LogP contribution is -2.55. The van der Waals surface area contributed by atoms with Crippen LogP contribution in [0, 0.1) is 0 Å². The number of benzene rings is 1. The highest BCUT2D eigenvalue weighted by Crippen LogP contribution is 2.20. The number of ether oxygens (including phenoxy) is 1. The topological polar surface area (TPSA) is 110 Å². The highest BCUT2D eigenvalue weighted by atomic mass is 32.2. The first-order valence-corrected chi connectivity index (χ1v) is 8.88. The molecule has 0 saturated carbocycles. The van der Waals surface area contributed by atoms with Crippen LogP contribution >= 0.6 is 0 Å². The van der Waals surface area contributed by atoms with Crippen molar-refractivity contribution in [3.63, 3.8) is 0 Å². The first kappa shape index (κ1) is 17.4. The van der Waals surface area contributed by atoms with Gasteiger partial charge in [0.2, 0.25) is 5.91 Å². The SMILES string of the molecule is CCS(=O)(=O)c1cccc(CC(=O)NC2(C(=O)O)CCOC2)c1. The maximum atomic E-state index is 12.1. The van der Waals surface area contributed by atoms with Gasteiger partial charge in [-0.2, -0.15) is 0 Å². The highest BCUT2D eigenvalue weighted by Gasteiger charge is 2.43. The predicted molar refractivity (Wildman–Crippen MR) is 81.8 cm³/mol. The molecule has 0 aliphatic carbocycles. The van der Waals surface area contributed by atoms with E-state index in [1.165, 1.54) is 12.1 Å².